The van der Waals surface area contributed by atoms with Gasteiger partial charge in [-0.1, -0.05) is 0 Å². The number of hydrogen-bond donors (Lipinski definition) is 1. The summed E-state index contributed by atoms with van der Waals surface area (Å²) in [5.41, 5.74) is 1.21. The van der Waals surface area contributed by atoms with E-state index in [1.165, 1.54) is 13.0 Å². The van der Waals surface area contributed by atoms with Gasteiger partial charge in [0.2, 0.25) is 0 Å². The molecule has 2 aromatic heterocycles. The van der Waals surface area contributed by atoms with Crippen molar-refractivity contribution in [2.45, 2.75) is 38.5 Å². The molecule has 1 saturated carbocycles. The number of aromatic carboxylic acids is 1. The molecule has 4 rings (SSSR count). The minimum absolute atomic E-state index is 0.0176. The Bertz CT molecular complexity index is 1010. The average molecular weight is 363 g/mol. The van der Waals surface area contributed by atoms with Gasteiger partial charge in [0.15, 0.2) is 0 Å². The van der Waals surface area contributed by atoms with E-state index in [0.29, 0.717) is 16.8 Å². The van der Waals surface area contributed by atoms with Crippen LogP contribution < -0.4 is 0 Å². The van der Waals surface area contributed by atoms with Crippen molar-refractivity contribution in [3.8, 4) is 0 Å². The number of fused-ring (bicyclic) bond motifs is 1. The minimum Gasteiger partial charge on any atom is -0.478 e. The van der Waals surface area contributed by atoms with Crippen LogP contribution in [0.2, 0.25) is 0 Å². The molecular formula is C18H16F3N3O2. The average Bonchev–Trinajstić information content (AvgIpc) is 3.21. The zero-order valence-electron chi connectivity index (χ0n) is 13.9. The number of hydrogen-bond acceptors (Lipinski definition) is 2. The molecule has 136 valence electrons. The maximum absolute atomic E-state index is 13.2. The van der Waals surface area contributed by atoms with Crippen molar-refractivity contribution in [2.75, 3.05) is 0 Å². The van der Waals surface area contributed by atoms with E-state index in [1.54, 1.807) is 18.2 Å². The monoisotopic (exact) mass is 363 g/mol. The Morgan fingerprint density at radius 2 is 2.00 bits per heavy atom. The highest BCUT2D eigenvalue weighted by Gasteiger charge is 2.36. The quantitative estimate of drug-likeness (QED) is 0.754. The van der Waals surface area contributed by atoms with Crippen LogP contribution in [0.5, 0.6) is 0 Å². The van der Waals surface area contributed by atoms with Crippen LogP contribution in [0, 0.1) is 6.92 Å². The third kappa shape index (κ3) is 2.85. The Kier molecular flexibility index (Phi) is 3.61. The molecule has 1 aliphatic carbocycles. The summed E-state index contributed by atoms with van der Waals surface area (Å²) in [6, 6.07) is 7.83. The number of halogens is 3. The van der Waals surface area contributed by atoms with Crippen LogP contribution in [-0.2, 0) is 12.7 Å². The first-order valence-electron chi connectivity index (χ1n) is 8.23. The van der Waals surface area contributed by atoms with Gasteiger partial charge in [-0.05, 0) is 50.1 Å². The first-order chi connectivity index (χ1) is 12.2. The summed E-state index contributed by atoms with van der Waals surface area (Å²) in [5, 5.41) is 13.9. The fourth-order valence-corrected chi connectivity index (χ4v) is 3.36. The maximum Gasteiger partial charge on any atom is 0.433 e. The molecule has 0 bridgehead atoms. The van der Waals surface area contributed by atoms with Gasteiger partial charge in [0.1, 0.15) is 5.69 Å². The Morgan fingerprint density at radius 3 is 2.62 bits per heavy atom. The van der Waals surface area contributed by atoms with E-state index in [4.69, 9.17) is 5.11 Å². The third-order valence-electron chi connectivity index (χ3n) is 4.58. The molecule has 1 N–H and O–H groups in total. The van der Waals surface area contributed by atoms with Gasteiger partial charge in [0, 0.05) is 22.6 Å². The number of alkyl halides is 3. The first kappa shape index (κ1) is 16.7. The summed E-state index contributed by atoms with van der Waals surface area (Å²) in [5.74, 6) is -1.03. The lowest BCUT2D eigenvalue weighted by Crippen LogP contribution is -2.16. The Balaban J connectivity index is 1.82. The third-order valence-corrected chi connectivity index (χ3v) is 4.58. The Hall–Kier alpha value is -2.77. The van der Waals surface area contributed by atoms with Crippen LogP contribution in [-0.4, -0.2) is 25.4 Å². The molecule has 1 aliphatic rings. The van der Waals surface area contributed by atoms with Crippen LogP contribution in [0.15, 0.2) is 30.3 Å². The smallest absolute Gasteiger partial charge is 0.433 e. The van der Waals surface area contributed by atoms with Crippen LogP contribution in [0.3, 0.4) is 0 Å². The second-order valence-electron chi connectivity index (χ2n) is 6.64. The van der Waals surface area contributed by atoms with Gasteiger partial charge in [0.05, 0.1) is 17.8 Å². The number of carboxylic acid groups (broad SMARTS) is 1. The molecule has 2 heterocycles. The molecule has 0 atom stereocenters. The normalized spacial score (nSPS) is 14.9. The van der Waals surface area contributed by atoms with Crippen LogP contribution in [0.4, 0.5) is 13.2 Å². The van der Waals surface area contributed by atoms with Crippen molar-refractivity contribution in [3.63, 3.8) is 0 Å². The molecule has 0 aliphatic heterocycles. The lowest BCUT2D eigenvalue weighted by Gasteiger charge is -2.13. The van der Waals surface area contributed by atoms with Gasteiger partial charge in [-0.2, -0.15) is 18.3 Å². The summed E-state index contributed by atoms with van der Waals surface area (Å²) in [6.45, 7) is 1.51. The zero-order chi connectivity index (χ0) is 18.6. The van der Waals surface area contributed by atoms with Crippen molar-refractivity contribution in [3.05, 3.63) is 53.0 Å². The van der Waals surface area contributed by atoms with E-state index < -0.39 is 17.8 Å². The highest BCUT2D eigenvalue weighted by Crippen LogP contribution is 2.40. The molecule has 1 fully saturated rings. The van der Waals surface area contributed by atoms with E-state index in [-0.39, 0.29) is 18.2 Å². The van der Waals surface area contributed by atoms with Crippen LogP contribution in [0.25, 0.3) is 10.9 Å². The van der Waals surface area contributed by atoms with Crippen LogP contribution >= 0.6 is 0 Å². The van der Waals surface area contributed by atoms with Gasteiger partial charge in [0.25, 0.3) is 0 Å². The SMILES string of the molecule is Cc1cc(C(F)(F)F)n(Cc2cc3cc(C(=O)O)ccc3n2C2CC2)n1. The van der Waals surface area contributed by atoms with Crippen molar-refractivity contribution in [2.24, 2.45) is 0 Å². The molecule has 0 unspecified atom stereocenters. The molecule has 0 spiro atoms. The lowest BCUT2D eigenvalue weighted by atomic mass is 10.1. The highest BCUT2D eigenvalue weighted by atomic mass is 19.4. The molecular weight excluding hydrogens is 347 g/mol. The number of carbonyl (C=O) groups is 1. The van der Waals surface area contributed by atoms with E-state index in [1.807, 2.05) is 4.57 Å². The summed E-state index contributed by atoms with van der Waals surface area (Å²) in [6.07, 6.45) is -2.56. The predicted molar refractivity (Wildman–Crippen MR) is 88.2 cm³/mol. The van der Waals surface area contributed by atoms with Gasteiger partial charge >= 0.3 is 12.1 Å². The lowest BCUT2D eigenvalue weighted by molar-refractivity contribution is -0.144. The van der Waals surface area contributed by atoms with Gasteiger partial charge in [-0.3, -0.25) is 4.68 Å². The first-order valence-corrected chi connectivity index (χ1v) is 8.23. The summed E-state index contributed by atoms with van der Waals surface area (Å²) in [4.78, 5) is 11.2. The topological polar surface area (TPSA) is 60.1 Å². The molecule has 3 aromatic rings. The van der Waals surface area contributed by atoms with Gasteiger partial charge < -0.3 is 9.67 Å². The predicted octanol–water partition coefficient (Wildman–Crippen LogP) is 4.25. The fourth-order valence-electron chi connectivity index (χ4n) is 3.36. The molecule has 0 radical (unpaired) electrons. The molecule has 1 aromatic carbocycles. The molecule has 5 nitrogen and oxygen atoms in total. The number of aromatic nitrogens is 3. The fraction of sp³-hybridized carbons (Fsp3) is 0.333. The van der Waals surface area contributed by atoms with Gasteiger partial charge in [-0.15, -0.1) is 0 Å². The van der Waals surface area contributed by atoms with Crippen molar-refractivity contribution in [1.29, 1.82) is 0 Å². The van der Waals surface area contributed by atoms with Crippen LogP contribution in [0.1, 0.15) is 46.3 Å². The van der Waals surface area contributed by atoms with Crippen molar-refractivity contribution < 1.29 is 23.1 Å². The number of carboxylic acids is 1. The van der Waals surface area contributed by atoms with Crippen molar-refractivity contribution in [1.82, 2.24) is 14.3 Å². The number of nitrogens with zero attached hydrogens (tertiary/aromatic N) is 3. The van der Waals surface area contributed by atoms with E-state index in [2.05, 4.69) is 5.10 Å². The molecule has 8 heteroatoms. The Labute approximate surface area is 146 Å². The number of benzene rings is 1. The van der Waals surface area contributed by atoms with E-state index in [0.717, 1.165) is 29.1 Å². The summed E-state index contributed by atoms with van der Waals surface area (Å²) >= 11 is 0. The Morgan fingerprint density at radius 1 is 1.27 bits per heavy atom. The maximum atomic E-state index is 13.2. The number of aryl methyl sites for hydroxylation is 1. The second-order valence-corrected chi connectivity index (χ2v) is 6.64. The molecule has 0 amide bonds. The minimum atomic E-state index is -4.48. The molecule has 0 saturated heterocycles. The summed E-state index contributed by atoms with van der Waals surface area (Å²) in [7, 11) is 0. The highest BCUT2D eigenvalue weighted by molar-refractivity contribution is 5.94. The van der Waals surface area contributed by atoms with Gasteiger partial charge in [-0.25, -0.2) is 4.79 Å². The standard InChI is InChI=1S/C18H16F3N3O2/c1-10-6-16(18(19,20)21)23(22-10)9-14-8-12-7-11(17(25)26)2-5-15(12)24(14)13-3-4-13/h2,5-8,13H,3-4,9H2,1H3,(H,25,26). The van der Waals surface area contributed by atoms with E-state index >= 15 is 0 Å². The summed E-state index contributed by atoms with van der Waals surface area (Å²) < 4.78 is 42.7. The molecule has 26 heavy (non-hydrogen) atoms. The van der Waals surface area contributed by atoms with E-state index in [9.17, 15) is 18.0 Å². The largest absolute Gasteiger partial charge is 0.478 e. The second kappa shape index (κ2) is 5.62. The zero-order valence-corrected chi connectivity index (χ0v) is 13.9. The number of rotatable bonds is 4. The van der Waals surface area contributed by atoms with Crippen molar-refractivity contribution >= 4 is 16.9 Å².